The Labute approximate surface area is 131 Å². The summed E-state index contributed by atoms with van der Waals surface area (Å²) < 4.78 is 5.47. The molecule has 0 aliphatic carbocycles. The fraction of sp³-hybridized carbons (Fsp3) is 0.688. The van der Waals surface area contributed by atoms with E-state index < -0.39 is 0 Å². The predicted octanol–water partition coefficient (Wildman–Crippen LogP) is 1.94. The first-order valence-electron chi connectivity index (χ1n) is 8.15. The monoisotopic (exact) mass is 304 g/mol. The van der Waals surface area contributed by atoms with Gasteiger partial charge >= 0.3 is 0 Å². The lowest BCUT2D eigenvalue weighted by Crippen LogP contribution is -2.45. The van der Waals surface area contributed by atoms with Crippen LogP contribution in [0, 0.1) is 5.41 Å². The van der Waals surface area contributed by atoms with Gasteiger partial charge in [0, 0.05) is 45.2 Å². The molecule has 6 nitrogen and oxygen atoms in total. The summed E-state index contributed by atoms with van der Waals surface area (Å²) >= 11 is 0. The molecule has 2 aliphatic rings. The molecule has 2 saturated heterocycles. The van der Waals surface area contributed by atoms with E-state index in [9.17, 15) is 4.79 Å². The second kappa shape index (κ2) is 6.60. The predicted molar refractivity (Wildman–Crippen MR) is 83.8 cm³/mol. The molecule has 1 spiro atoms. The van der Waals surface area contributed by atoms with Gasteiger partial charge in [-0.05, 0) is 38.0 Å². The third kappa shape index (κ3) is 3.21. The lowest BCUT2D eigenvalue weighted by atomic mass is 9.72. The number of aromatic nitrogens is 2. The van der Waals surface area contributed by atoms with E-state index in [0.29, 0.717) is 16.9 Å². The van der Waals surface area contributed by atoms with Gasteiger partial charge in [0.15, 0.2) is 0 Å². The second-order valence-corrected chi connectivity index (χ2v) is 6.23. The topological polar surface area (TPSA) is 67.4 Å². The van der Waals surface area contributed by atoms with Crippen molar-refractivity contribution in [3.05, 3.63) is 18.0 Å². The van der Waals surface area contributed by atoms with E-state index in [1.165, 1.54) is 0 Å². The van der Waals surface area contributed by atoms with Gasteiger partial charge < -0.3 is 15.0 Å². The van der Waals surface area contributed by atoms with E-state index in [0.717, 1.165) is 58.5 Å². The number of likely N-dealkylation sites (tertiary alicyclic amines) is 1. The van der Waals surface area contributed by atoms with Crippen LogP contribution >= 0.6 is 0 Å². The molecule has 2 fully saturated rings. The maximum absolute atomic E-state index is 12.5. The first kappa shape index (κ1) is 15.2. The Balaban J connectivity index is 1.59. The molecule has 0 atom stereocenters. The Hall–Kier alpha value is -1.69. The lowest BCUT2D eigenvalue weighted by molar-refractivity contribution is -0.0175. The SMILES string of the molecule is CCNc1ncc(C(=O)N2CCC3(CCOCC3)CC2)cn1. The third-order valence-corrected chi connectivity index (χ3v) is 4.90. The Morgan fingerprint density at radius 1 is 1.23 bits per heavy atom. The zero-order valence-corrected chi connectivity index (χ0v) is 13.2. The van der Waals surface area contributed by atoms with Gasteiger partial charge in [0.25, 0.3) is 5.91 Å². The molecule has 3 rings (SSSR count). The highest BCUT2D eigenvalue weighted by molar-refractivity contribution is 5.93. The van der Waals surface area contributed by atoms with Crippen LogP contribution in [-0.4, -0.2) is 53.6 Å². The van der Waals surface area contributed by atoms with Crippen molar-refractivity contribution in [1.82, 2.24) is 14.9 Å². The number of rotatable bonds is 3. The average Bonchev–Trinajstić information content (AvgIpc) is 2.57. The highest BCUT2D eigenvalue weighted by Gasteiger charge is 2.37. The minimum atomic E-state index is 0.0463. The second-order valence-electron chi connectivity index (χ2n) is 6.23. The molecule has 2 aliphatic heterocycles. The molecule has 0 saturated carbocycles. The minimum absolute atomic E-state index is 0.0463. The van der Waals surface area contributed by atoms with Gasteiger partial charge in [-0.25, -0.2) is 9.97 Å². The molecular formula is C16H24N4O2. The summed E-state index contributed by atoms with van der Waals surface area (Å²) in [5, 5.41) is 3.03. The van der Waals surface area contributed by atoms with Crippen molar-refractivity contribution in [2.45, 2.75) is 32.6 Å². The number of piperidine rings is 1. The molecule has 0 unspecified atom stereocenters. The Kier molecular flexibility index (Phi) is 4.57. The van der Waals surface area contributed by atoms with Crippen LogP contribution in [0.3, 0.4) is 0 Å². The number of carbonyl (C=O) groups is 1. The van der Waals surface area contributed by atoms with Gasteiger partial charge in [-0.3, -0.25) is 4.79 Å². The van der Waals surface area contributed by atoms with Crippen LogP contribution in [0.1, 0.15) is 43.0 Å². The van der Waals surface area contributed by atoms with Crippen molar-refractivity contribution in [2.24, 2.45) is 5.41 Å². The van der Waals surface area contributed by atoms with Crippen molar-refractivity contribution in [1.29, 1.82) is 0 Å². The average molecular weight is 304 g/mol. The lowest BCUT2D eigenvalue weighted by Gasteiger charge is -2.44. The molecule has 22 heavy (non-hydrogen) atoms. The molecule has 0 bridgehead atoms. The molecule has 0 radical (unpaired) electrons. The number of anilines is 1. The van der Waals surface area contributed by atoms with Gasteiger partial charge in [0.05, 0.1) is 5.56 Å². The molecule has 1 amide bonds. The molecule has 6 heteroatoms. The molecule has 1 aromatic rings. The summed E-state index contributed by atoms with van der Waals surface area (Å²) in [7, 11) is 0. The molecular weight excluding hydrogens is 280 g/mol. The molecule has 3 heterocycles. The molecule has 1 N–H and O–H groups in total. The zero-order chi connectivity index (χ0) is 15.4. The van der Waals surface area contributed by atoms with E-state index in [1.807, 2.05) is 11.8 Å². The number of amides is 1. The summed E-state index contributed by atoms with van der Waals surface area (Å²) in [5.41, 5.74) is 0.977. The maximum atomic E-state index is 12.5. The highest BCUT2D eigenvalue weighted by Crippen LogP contribution is 2.40. The van der Waals surface area contributed by atoms with E-state index in [4.69, 9.17) is 4.74 Å². The van der Waals surface area contributed by atoms with Crippen molar-refractivity contribution >= 4 is 11.9 Å². The standard InChI is InChI=1S/C16H24N4O2/c1-2-17-15-18-11-13(12-19-15)14(21)20-7-3-16(4-8-20)5-9-22-10-6-16/h11-12H,2-10H2,1H3,(H,17,18,19). The van der Waals surface area contributed by atoms with E-state index in [-0.39, 0.29) is 5.91 Å². The maximum Gasteiger partial charge on any atom is 0.256 e. The van der Waals surface area contributed by atoms with Crippen LogP contribution in [0.5, 0.6) is 0 Å². The quantitative estimate of drug-likeness (QED) is 0.924. The van der Waals surface area contributed by atoms with Crippen LogP contribution in [0.15, 0.2) is 12.4 Å². The van der Waals surface area contributed by atoms with Crippen molar-refractivity contribution in [3.63, 3.8) is 0 Å². The molecule has 120 valence electrons. The minimum Gasteiger partial charge on any atom is -0.381 e. The van der Waals surface area contributed by atoms with Gasteiger partial charge in [-0.15, -0.1) is 0 Å². The Morgan fingerprint density at radius 3 is 2.45 bits per heavy atom. The number of hydrogen-bond acceptors (Lipinski definition) is 5. The van der Waals surface area contributed by atoms with E-state index >= 15 is 0 Å². The van der Waals surface area contributed by atoms with Crippen molar-refractivity contribution < 1.29 is 9.53 Å². The van der Waals surface area contributed by atoms with Crippen LogP contribution < -0.4 is 5.32 Å². The highest BCUT2D eigenvalue weighted by atomic mass is 16.5. The smallest absolute Gasteiger partial charge is 0.256 e. The Bertz CT molecular complexity index is 501. The van der Waals surface area contributed by atoms with Gasteiger partial charge in [-0.1, -0.05) is 0 Å². The summed E-state index contributed by atoms with van der Waals surface area (Å²) in [4.78, 5) is 22.8. The number of carbonyl (C=O) groups excluding carboxylic acids is 1. The van der Waals surface area contributed by atoms with Crippen molar-refractivity contribution in [2.75, 3.05) is 38.2 Å². The van der Waals surface area contributed by atoms with Gasteiger partial charge in [-0.2, -0.15) is 0 Å². The van der Waals surface area contributed by atoms with Gasteiger partial charge in [0.2, 0.25) is 5.95 Å². The Morgan fingerprint density at radius 2 is 1.86 bits per heavy atom. The summed E-state index contributed by atoms with van der Waals surface area (Å²) in [6.45, 7) is 6.15. The van der Waals surface area contributed by atoms with E-state index in [2.05, 4.69) is 15.3 Å². The van der Waals surface area contributed by atoms with Crippen LogP contribution in [0.25, 0.3) is 0 Å². The number of ether oxygens (including phenoxy) is 1. The van der Waals surface area contributed by atoms with Crippen LogP contribution in [0.4, 0.5) is 5.95 Å². The van der Waals surface area contributed by atoms with Crippen LogP contribution in [0.2, 0.25) is 0 Å². The van der Waals surface area contributed by atoms with E-state index in [1.54, 1.807) is 12.4 Å². The zero-order valence-electron chi connectivity index (χ0n) is 13.2. The molecule has 1 aromatic heterocycles. The first-order valence-corrected chi connectivity index (χ1v) is 8.15. The first-order chi connectivity index (χ1) is 10.7. The van der Waals surface area contributed by atoms with Crippen molar-refractivity contribution in [3.8, 4) is 0 Å². The molecule has 0 aromatic carbocycles. The number of nitrogens with one attached hydrogen (secondary N) is 1. The third-order valence-electron chi connectivity index (χ3n) is 4.90. The fourth-order valence-electron chi connectivity index (χ4n) is 3.36. The summed E-state index contributed by atoms with van der Waals surface area (Å²) in [6, 6.07) is 0. The number of nitrogens with zero attached hydrogens (tertiary/aromatic N) is 3. The fourth-order valence-corrected chi connectivity index (χ4v) is 3.36. The normalized spacial score (nSPS) is 20.9. The largest absolute Gasteiger partial charge is 0.381 e. The van der Waals surface area contributed by atoms with Gasteiger partial charge in [0.1, 0.15) is 0 Å². The van der Waals surface area contributed by atoms with Crippen LogP contribution in [-0.2, 0) is 4.74 Å². The summed E-state index contributed by atoms with van der Waals surface area (Å²) in [5.74, 6) is 0.615. The number of hydrogen-bond donors (Lipinski definition) is 1. The summed E-state index contributed by atoms with van der Waals surface area (Å²) in [6.07, 6.45) is 7.67.